The summed E-state index contributed by atoms with van der Waals surface area (Å²) in [6.45, 7) is 0.107. The average Bonchev–Trinajstić information content (AvgIpc) is 3.08. The van der Waals surface area contributed by atoms with Gasteiger partial charge in [0.2, 0.25) is 12.2 Å². The number of H-pyrrole nitrogens is 1. The zero-order valence-corrected chi connectivity index (χ0v) is 13.2. The molecule has 0 amide bonds. The van der Waals surface area contributed by atoms with Crippen LogP contribution in [0.3, 0.4) is 0 Å². The van der Waals surface area contributed by atoms with Crippen molar-refractivity contribution in [2.45, 2.75) is 0 Å². The Labute approximate surface area is 141 Å². The number of pyridine rings is 1. The molecule has 1 aliphatic rings. The molecule has 7 heteroatoms. The molecule has 0 fully saturated rings. The minimum atomic E-state index is -1.30. The van der Waals surface area contributed by atoms with Crippen molar-refractivity contribution in [1.82, 2.24) is 4.98 Å². The van der Waals surface area contributed by atoms with E-state index in [0.717, 1.165) is 0 Å². The van der Waals surface area contributed by atoms with Gasteiger partial charge in [0.15, 0.2) is 11.5 Å². The van der Waals surface area contributed by atoms with E-state index in [9.17, 15) is 14.7 Å². The molecule has 0 saturated carbocycles. The lowest BCUT2D eigenvalue weighted by Crippen LogP contribution is -2.18. The van der Waals surface area contributed by atoms with E-state index in [2.05, 4.69) is 4.98 Å². The van der Waals surface area contributed by atoms with Gasteiger partial charge in [-0.25, -0.2) is 4.79 Å². The third-order valence-corrected chi connectivity index (χ3v) is 4.08. The van der Waals surface area contributed by atoms with Gasteiger partial charge in [0.05, 0.1) is 18.3 Å². The summed E-state index contributed by atoms with van der Waals surface area (Å²) in [5, 5.41) is 9.84. The van der Waals surface area contributed by atoms with E-state index in [4.69, 9.17) is 14.2 Å². The van der Waals surface area contributed by atoms with E-state index in [1.54, 1.807) is 36.4 Å². The van der Waals surface area contributed by atoms with Crippen LogP contribution in [0.4, 0.5) is 0 Å². The molecule has 7 nitrogen and oxygen atoms in total. The number of carboxylic acids is 1. The highest BCUT2D eigenvalue weighted by molar-refractivity contribution is 5.99. The fourth-order valence-corrected chi connectivity index (χ4v) is 2.87. The number of ether oxygens (including phenoxy) is 3. The van der Waals surface area contributed by atoms with Crippen molar-refractivity contribution >= 4 is 16.9 Å². The number of hydrogen-bond donors (Lipinski definition) is 2. The minimum absolute atomic E-state index is 0.107. The number of hydrogen-bond acceptors (Lipinski definition) is 5. The van der Waals surface area contributed by atoms with Crippen molar-refractivity contribution in [1.29, 1.82) is 0 Å². The Morgan fingerprint density at radius 3 is 2.72 bits per heavy atom. The largest absolute Gasteiger partial charge is 0.497 e. The molecule has 0 saturated heterocycles. The smallest absolute Gasteiger partial charge is 0.341 e. The van der Waals surface area contributed by atoms with Crippen molar-refractivity contribution in [3.8, 4) is 28.5 Å². The van der Waals surface area contributed by atoms with Gasteiger partial charge >= 0.3 is 5.97 Å². The van der Waals surface area contributed by atoms with Gasteiger partial charge in [0.25, 0.3) is 0 Å². The molecule has 0 radical (unpaired) electrons. The molecule has 0 spiro atoms. The fraction of sp³-hybridized carbons (Fsp3) is 0.111. The molecule has 2 N–H and O–H groups in total. The topological polar surface area (TPSA) is 97.9 Å². The minimum Gasteiger partial charge on any atom is -0.497 e. The molecular weight excluding hydrogens is 326 g/mol. The highest BCUT2D eigenvalue weighted by atomic mass is 16.7. The molecule has 0 unspecified atom stereocenters. The first-order chi connectivity index (χ1) is 12.1. The van der Waals surface area contributed by atoms with Gasteiger partial charge < -0.3 is 24.3 Å². The van der Waals surface area contributed by atoms with E-state index in [1.165, 1.54) is 7.11 Å². The quantitative estimate of drug-likeness (QED) is 0.761. The highest BCUT2D eigenvalue weighted by Gasteiger charge is 2.22. The summed E-state index contributed by atoms with van der Waals surface area (Å²) >= 11 is 0. The number of carbonyl (C=O) groups is 1. The summed E-state index contributed by atoms with van der Waals surface area (Å²) in [5.74, 6) is 0.334. The number of benzene rings is 2. The Bertz CT molecular complexity index is 1070. The van der Waals surface area contributed by atoms with Gasteiger partial charge in [-0.2, -0.15) is 0 Å². The van der Waals surface area contributed by atoms with Crippen LogP contribution in [0, 0.1) is 0 Å². The summed E-state index contributed by atoms with van der Waals surface area (Å²) in [6.07, 6.45) is 0. The lowest BCUT2D eigenvalue weighted by Gasteiger charge is -2.10. The third-order valence-electron chi connectivity index (χ3n) is 4.08. The van der Waals surface area contributed by atoms with Crippen molar-refractivity contribution in [2.75, 3.05) is 13.9 Å². The van der Waals surface area contributed by atoms with Crippen LogP contribution >= 0.6 is 0 Å². The first-order valence-electron chi connectivity index (χ1n) is 7.46. The number of aromatic nitrogens is 1. The van der Waals surface area contributed by atoms with Crippen LogP contribution in [0.25, 0.3) is 22.2 Å². The second-order valence-electron chi connectivity index (χ2n) is 5.49. The Balaban J connectivity index is 2.02. The molecule has 4 rings (SSSR count). The maximum absolute atomic E-state index is 12.7. The molecule has 2 aromatic carbocycles. The van der Waals surface area contributed by atoms with E-state index >= 15 is 0 Å². The van der Waals surface area contributed by atoms with E-state index in [-0.39, 0.29) is 23.4 Å². The van der Waals surface area contributed by atoms with Crippen LogP contribution in [-0.2, 0) is 0 Å². The monoisotopic (exact) mass is 339 g/mol. The van der Waals surface area contributed by atoms with E-state index in [1.807, 2.05) is 0 Å². The Morgan fingerprint density at radius 1 is 1.16 bits per heavy atom. The summed E-state index contributed by atoms with van der Waals surface area (Å²) in [6, 6.07) is 9.81. The molecular formula is C18H13NO6. The number of methoxy groups -OCH3 is 1. The van der Waals surface area contributed by atoms with Crippen LogP contribution in [0.5, 0.6) is 17.2 Å². The van der Waals surface area contributed by atoms with Gasteiger partial charge in [0, 0.05) is 17.0 Å². The Kier molecular flexibility index (Phi) is 3.35. The van der Waals surface area contributed by atoms with Crippen LogP contribution < -0.4 is 19.6 Å². The molecule has 0 bridgehead atoms. The number of aromatic carboxylic acids is 1. The number of fused-ring (bicyclic) bond motifs is 2. The summed E-state index contributed by atoms with van der Waals surface area (Å²) in [4.78, 5) is 27.5. The molecule has 1 aromatic heterocycles. The highest BCUT2D eigenvalue weighted by Crippen LogP contribution is 2.36. The van der Waals surface area contributed by atoms with E-state index < -0.39 is 11.4 Å². The first kappa shape index (κ1) is 15.1. The molecule has 0 atom stereocenters. The van der Waals surface area contributed by atoms with Gasteiger partial charge in [0.1, 0.15) is 11.3 Å². The lowest BCUT2D eigenvalue weighted by molar-refractivity contribution is 0.0696. The SMILES string of the molecule is COc1ccc2c(=O)c(C(=O)O)c(-c3ccc4c(c3)OCO4)[nH]c2c1. The van der Waals surface area contributed by atoms with Gasteiger partial charge in [-0.05, 0) is 30.3 Å². The molecule has 25 heavy (non-hydrogen) atoms. The fourth-order valence-electron chi connectivity index (χ4n) is 2.87. The van der Waals surface area contributed by atoms with Crippen LogP contribution in [0.1, 0.15) is 10.4 Å². The lowest BCUT2D eigenvalue weighted by atomic mass is 10.0. The zero-order chi connectivity index (χ0) is 17.6. The molecule has 1 aliphatic heterocycles. The first-order valence-corrected chi connectivity index (χ1v) is 7.46. The molecule has 3 aromatic rings. The zero-order valence-electron chi connectivity index (χ0n) is 13.2. The van der Waals surface area contributed by atoms with Crippen LogP contribution in [0.15, 0.2) is 41.2 Å². The van der Waals surface area contributed by atoms with E-state index in [0.29, 0.717) is 28.3 Å². The molecule has 126 valence electrons. The maximum atomic E-state index is 12.7. The van der Waals surface area contributed by atoms with Crippen LogP contribution in [-0.4, -0.2) is 30.0 Å². The maximum Gasteiger partial charge on any atom is 0.341 e. The van der Waals surface area contributed by atoms with Crippen molar-refractivity contribution < 1.29 is 24.1 Å². The third kappa shape index (κ3) is 2.37. The predicted molar refractivity (Wildman–Crippen MR) is 89.6 cm³/mol. The number of rotatable bonds is 3. The van der Waals surface area contributed by atoms with Crippen molar-refractivity contribution in [3.05, 3.63) is 52.2 Å². The Hall–Kier alpha value is -3.48. The van der Waals surface area contributed by atoms with Crippen LogP contribution in [0.2, 0.25) is 0 Å². The van der Waals surface area contributed by atoms with Gasteiger partial charge in [-0.15, -0.1) is 0 Å². The number of aromatic amines is 1. The number of nitrogens with one attached hydrogen (secondary N) is 1. The summed E-state index contributed by atoms with van der Waals surface area (Å²) < 4.78 is 15.8. The summed E-state index contributed by atoms with van der Waals surface area (Å²) in [7, 11) is 1.52. The number of carboxylic acid groups (broad SMARTS) is 1. The second-order valence-corrected chi connectivity index (χ2v) is 5.49. The molecule has 0 aliphatic carbocycles. The van der Waals surface area contributed by atoms with Crippen molar-refractivity contribution in [3.63, 3.8) is 0 Å². The normalized spacial score (nSPS) is 12.4. The van der Waals surface area contributed by atoms with Gasteiger partial charge in [-0.3, -0.25) is 4.79 Å². The predicted octanol–water partition coefficient (Wildman–Crippen LogP) is 2.63. The Morgan fingerprint density at radius 2 is 1.96 bits per heavy atom. The molecule has 2 heterocycles. The van der Waals surface area contributed by atoms with Crippen molar-refractivity contribution in [2.24, 2.45) is 0 Å². The standard InChI is InChI=1S/C18H13NO6/c1-23-10-3-4-11-12(7-10)19-16(15(17(11)20)18(21)22)9-2-5-13-14(6-9)25-8-24-13/h2-7H,8H2,1H3,(H,19,20)(H,21,22). The second kappa shape index (κ2) is 5.55. The summed E-state index contributed by atoms with van der Waals surface area (Å²) in [5.41, 5.74) is 0.329. The average molecular weight is 339 g/mol. The van der Waals surface area contributed by atoms with Gasteiger partial charge in [-0.1, -0.05) is 0 Å².